The molecule has 0 aliphatic rings. The molecule has 0 amide bonds. The fourth-order valence-electron chi connectivity index (χ4n) is 1.28. The normalized spacial score (nSPS) is 10.3. The van der Waals surface area contributed by atoms with Crippen molar-refractivity contribution in [1.82, 2.24) is 0 Å². The summed E-state index contributed by atoms with van der Waals surface area (Å²) >= 11 is 0. The minimum atomic E-state index is 0.0678. The lowest BCUT2D eigenvalue weighted by Crippen LogP contribution is -1.97. The Balaban J connectivity index is 3.20. The average molecular weight is 166 g/mol. The topological polar surface area (TPSA) is 40.5 Å². The van der Waals surface area contributed by atoms with E-state index in [1.807, 2.05) is 26.0 Å². The van der Waals surface area contributed by atoms with E-state index >= 15 is 0 Å². The Bertz CT molecular complexity index is 250. The highest BCUT2D eigenvalue weighted by atomic mass is 16.3. The van der Waals surface area contributed by atoms with Crippen LogP contribution in [-0.4, -0.2) is 10.2 Å². The van der Waals surface area contributed by atoms with Crippen molar-refractivity contribution in [3.63, 3.8) is 0 Å². The first kappa shape index (κ1) is 9.23. The van der Waals surface area contributed by atoms with Crippen LogP contribution in [0.25, 0.3) is 0 Å². The molecule has 0 aliphatic heterocycles. The van der Waals surface area contributed by atoms with E-state index < -0.39 is 0 Å². The van der Waals surface area contributed by atoms with Crippen molar-refractivity contribution in [2.24, 2.45) is 0 Å². The molecule has 2 heteroatoms. The Morgan fingerprint density at radius 1 is 0.917 bits per heavy atom. The Kier molecular flexibility index (Phi) is 2.84. The third kappa shape index (κ3) is 1.49. The molecule has 0 aliphatic carbocycles. The van der Waals surface area contributed by atoms with Crippen molar-refractivity contribution in [3.05, 3.63) is 34.4 Å². The number of aliphatic hydroxyl groups excluding tert-OH is 2. The molecule has 1 aromatic rings. The number of hydrogen-bond donors (Lipinski definition) is 2. The van der Waals surface area contributed by atoms with Crippen LogP contribution in [0.1, 0.15) is 22.3 Å². The van der Waals surface area contributed by atoms with E-state index in [4.69, 9.17) is 10.2 Å². The number of hydrogen-bond acceptors (Lipinski definition) is 2. The maximum absolute atomic E-state index is 8.94. The van der Waals surface area contributed by atoms with Crippen LogP contribution in [0.3, 0.4) is 0 Å². The molecule has 1 aromatic carbocycles. The van der Waals surface area contributed by atoms with Crippen molar-refractivity contribution in [2.75, 3.05) is 0 Å². The summed E-state index contributed by atoms with van der Waals surface area (Å²) in [4.78, 5) is 0. The fourth-order valence-corrected chi connectivity index (χ4v) is 1.28. The molecule has 2 N–H and O–H groups in total. The largest absolute Gasteiger partial charge is 0.392 e. The average Bonchev–Trinajstić information content (AvgIpc) is 2.10. The second kappa shape index (κ2) is 3.70. The number of benzene rings is 1. The van der Waals surface area contributed by atoms with Crippen LogP contribution in [0.15, 0.2) is 12.1 Å². The van der Waals surface area contributed by atoms with Gasteiger partial charge in [0.25, 0.3) is 0 Å². The molecule has 0 aromatic heterocycles. The highest BCUT2D eigenvalue weighted by molar-refractivity contribution is 5.38. The summed E-state index contributed by atoms with van der Waals surface area (Å²) in [5.74, 6) is 0. The molecule has 0 saturated heterocycles. The van der Waals surface area contributed by atoms with Crippen LogP contribution in [0.4, 0.5) is 0 Å². The molecule has 0 radical (unpaired) electrons. The van der Waals surface area contributed by atoms with E-state index in [9.17, 15) is 0 Å². The summed E-state index contributed by atoms with van der Waals surface area (Å²) < 4.78 is 0. The van der Waals surface area contributed by atoms with E-state index in [1.165, 1.54) is 0 Å². The van der Waals surface area contributed by atoms with E-state index in [0.29, 0.717) is 0 Å². The zero-order valence-corrected chi connectivity index (χ0v) is 7.46. The predicted octanol–water partition coefficient (Wildman–Crippen LogP) is 1.29. The molecule has 2 nitrogen and oxygen atoms in total. The second-order valence-corrected chi connectivity index (χ2v) is 2.95. The standard InChI is InChI=1S/C10H14O2/c1-7-8(2)10(6-12)4-3-9(7)5-11/h3-4,11-12H,5-6H2,1-2H3. The summed E-state index contributed by atoms with van der Waals surface area (Å²) in [7, 11) is 0. The highest BCUT2D eigenvalue weighted by Gasteiger charge is 2.03. The summed E-state index contributed by atoms with van der Waals surface area (Å²) in [6, 6.07) is 3.71. The van der Waals surface area contributed by atoms with Gasteiger partial charge < -0.3 is 10.2 Å². The third-order valence-corrected chi connectivity index (χ3v) is 2.35. The SMILES string of the molecule is Cc1c(CO)ccc(CO)c1C. The van der Waals surface area contributed by atoms with Crippen molar-refractivity contribution in [3.8, 4) is 0 Å². The van der Waals surface area contributed by atoms with Gasteiger partial charge >= 0.3 is 0 Å². The van der Waals surface area contributed by atoms with Gasteiger partial charge in [-0.05, 0) is 36.1 Å². The van der Waals surface area contributed by atoms with Crippen molar-refractivity contribution < 1.29 is 10.2 Å². The summed E-state index contributed by atoms with van der Waals surface area (Å²) in [5, 5.41) is 17.9. The predicted molar refractivity (Wildman–Crippen MR) is 47.8 cm³/mol. The van der Waals surface area contributed by atoms with Crippen LogP contribution in [0, 0.1) is 13.8 Å². The van der Waals surface area contributed by atoms with Gasteiger partial charge in [-0.2, -0.15) is 0 Å². The molecule has 0 spiro atoms. The van der Waals surface area contributed by atoms with Gasteiger partial charge in [0.15, 0.2) is 0 Å². The van der Waals surface area contributed by atoms with Crippen molar-refractivity contribution >= 4 is 0 Å². The van der Waals surface area contributed by atoms with E-state index in [-0.39, 0.29) is 13.2 Å². The lowest BCUT2D eigenvalue weighted by molar-refractivity contribution is 0.276. The summed E-state index contributed by atoms with van der Waals surface area (Å²) in [6.45, 7) is 4.05. The molecule has 0 atom stereocenters. The van der Waals surface area contributed by atoms with E-state index in [0.717, 1.165) is 22.3 Å². The van der Waals surface area contributed by atoms with E-state index in [1.54, 1.807) is 0 Å². The molecule has 0 fully saturated rings. The first-order valence-corrected chi connectivity index (χ1v) is 4.00. The molecule has 0 unspecified atom stereocenters. The maximum atomic E-state index is 8.94. The first-order chi connectivity index (χ1) is 5.70. The van der Waals surface area contributed by atoms with Crippen LogP contribution in [0.2, 0.25) is 0 Å². The molecule has 0 bridgehead atoms. The molecule has 0 saturated carbocycles. The van der Waals surface area contributed by atoms with Gasteiger partial charge in [0.05, 0.1) is 13.2 Å². The molecular formula is C10H14O2. The van der Waals surface area contributed by atoms with Gasteiger partial charge in [-0.15, -0.1) is 0 Å². The summed E-state index contributed by atoms with van der Waals surface area (Å²) in [6.07, 6.45) is 0. The van der Waals surface area contributed by atoms with Crippen molar-refractivity contribution in [1.29, 1.82) is 0 Å². The van der Waals surface area contributed by atoms with Gasteiger partial charge in [-0.3, -0.25) is 0 Å². The Hall–Kier alpha value is -0.860. The summed E-state index contributed by atoms with van der Waals surface area (Å²) in [5.41, 5.74) is 4.02. The van der Waals surface area contributed by atoms with Crippen LogP contribution < -0.4 is 0 Å². The van der Waals surface area contributed by atoms with Crippen LogP contribution in [0.5, 0.6) is 0 Å². The van der Waals surface area contributed by atoms with Crippen LogP contribution >= 0.6 is 0 Å². The van der Waals surface area contributed by atoms with Crippen LogP contribution in [-0.2, 0) is 13.2 Å². The smallest absolute Gasteiger partial charge is 0.0684 e. The van der Waals surface area contributed by atoms with Gasteiger partial charge in [-0.25, -0.2) is 0 Å². The Morgan fingerprint density at radius 2 is 1.25 bits per heavy atom. The zero-order valence-electron chi connectivity index (χ0n) is 7.46. The molecule has 66 valence electrons. The lowest BCUT2D eigenvalue weighted by atomic mass is 9.99. The second-order valence-electron chi connectivity index (χ2n) is 2.95. The van der Waals surface area contributed by atoms with Gasteiger partial charge in [0, 0.05) is 0 Å². The van der Waals surface area contributed by atoms with Gasteiger partial charge in [0.2, 0.25) is 0 Å². The van der Waals surface area contributed by atoms with Crippen molar-refractivity contribution in [2.45, 2.75) is 27.1 Å². The molecule has 1 rings (SSSR count). The molecule has 12 heavy (non-hydrogen) atoms. The fraction of sp³-hybridized carbons (Fsp3) is 0.400. The van der Waals surface area contributed by atoms with E-state index in [2.05, 4.69) is 0 Å². The number of rotatable bonds is 2. The monoisotopic (exact) mass is 166 g/mol. The first-order valence-electron chi connectivity index (χ1n) is 4.00. The Labute approximate surface area is 72.5 Å². The number of aliphatic hydroxyl groups is 2. The third-order valence-electron chi connectivity index (χ3n) is 2.35. The molecular weight excluding hydrogens is 152 g/mol. The minimum absolute atomic E-state index is 0.0678. The highest BCUT2D eigenvalue weighted by Crippen LogP contribution is 2.17. The molecule has 0 heterocycles. The maximum Gasteiger partial charge on any atom is 0.0684 e. The van der Waals surface area contributed by atoms with Gasteiger partial charge in [0.1, 0.15) is 0 Å². The zero-order chi connectivity index (χ0) is 9.14. The quantitative estimate of drug-likeness (QED) is 0.695. The minimum Gasteiger partial charge on any atom is -0.392 e. The lowest BCUT2D eigenvalue weighted by Gasteiger charge is -2.09. The van der Waals surface area contributed by atoms with Gasteiger partial charge in [-0.1, -0.05) is 12.1 Å². The Morgan fingerprint density at radius 3 is 1.50 bits per heavy atom.